The van der Waals surface area contributed by atoms with E-state index in [1.54, 1.807) is 0 Å². The minimum Gasteiger partial charge on any atom is -0.306 e. The predicted octanol–water partition coefficient (Wildman–Crippen LogP) is 2.17. The second-order valence-corrected chi connectivity index (χ2v) is 5.46. The molecule has 5 heteroatoms. The zero-order valence-corrected chi connectivity index (χ0v) is 12.2. The lowest BCUT2D eigenvalue weighted by molar-refractivity contribution is 0.248. The minimum absolute atomic E-state index is 0.499. The highest BCUT2D eigenvalue weighted by Gasteiger charge is 2.21. The van der Waals surface area contributed by atoms with Crippen LogP contribution in [0.25, 0.3) is 11.4 Å². The largest absolute Gasteiger partial charge is 0.306 e. The molecule has 1 saturated heterocycles. The monoisotopic (exact) mass is 271 g/mol. The Bertz CT molecular complexity index is 577. The molecule has 0 unspecified atom stereocenters. The van der Waals surface area contributed by atoms with E-state index in [0.29, 0.717) is 5.92 Å². The quantitative estimate of drug-likeness (QED) is 0.858. The Labute approximate surface area is 119 Å². The van der Waals surface area contributed by atoms with E-state index < -0.39 is 0 Å². The molecule has 5 nitrogen and oxygen atoms in total. The van der Waals surface area contributed by atoms with Crippen LogP contribution in [0.4, 0.5) is 0 Å². The Hall–Kier alpha value is -1.75. The van der Waals surface area contributed by atoms with E-state index in [2.05, 4.69) is 29.0 Å². The average molecular weight is 271 g/mol. The topological polar surface area (TPSA) is 46.8 Å². The fourth-order valence-corrected chi connectivity index (χ4v) is 2.91. The summed E-state index contributed by atoms with van der Waals surface area (Å²) in [6.45, 7) is 5.20. The van der Waals surface area contributed by atoms with Gasteiger partial charge in [0, 0.05) is 31.4 Å². The van der Waals surface area contributed by atoms with Crippen molar-refractivity contribution in [1.82, 2.24) is 24.6 Å². The molecule has 2 aromatic heterocycles. The van der Waals surface area contributed by atoms with E-state index in [-0.39, 0.29) is 0 Å². The van der Waals surface area contributed by atoms with Crippen LogP contribution in [0.15, 0.2) is 24.7 Å². The maximum atomic E-state index is 4.83. The molecule has 106 valence electrons. The Morgan fingerprint density at radius 3 is 3.05 bits per heavy atom. The van der Waals surface area contributed by atoms with Crippen LogP contribution in [-0.4, -0.2) is 44.8 Å². The van der Waals surface area contributed by atoms with Crippen LogP contribution in [0.2, 0.25) is 0 Å². The van der Waals surface area contributed by atoms with Crippen molar-refractivity contribution < 1.29 is 0 Å². The van der Waals surface area contributed by atoms with Gasteiger partial charge < -0.3 is 4.90 Å². The van der Waals surface area contributed by atoms with E-state index in [1.807, 2.05) is 29.3 Å². The SMILES string of the molecule is CCn1nccc1-c1cncc([C@@H]2CCCN(C)C2)n1. The van der Waals surface area contributed by atoms with Crippen molar-refractivity contribution in [2.45, 2.75) is 32.2 Å². The average Bonchev–Trinajstić information content (AvgIpc) is 2.96. The molecule has 0 amide bonds. The fourth-order valence-electron chi connectivity index (χ4n) is 2.91. The molecule has 3 rings (SSSR count). The smallest absolute Gasteiger partial charge is 0.107 e. The zero-order chi connectivity index (χ0) is 13.9. The minimum atomic E-state index is 0.499. The number of nitrogens with zero attached hydrogens (tertiary/aromatic N) is 5. The summed E-state index contributed by atoms with van der Waals surface area (Å²) in [6.07, 6.45) is 8.01. The van der Waals surface area contributed by atoms with Crippen molar-refractivity contribution in [3.63, 3.8) is 0 Å². The third-order valence-electron chi connectivity index (χ3n) is 3.97. The number of likely N-dealkylation sites (tertiary alicyclic amines) is 1. The number of piperidine rings is 1. The third kappa shape index (κ3) is 2.58. The Kier molecular flexibility index (Phi) is 3.78. The molecular formula is C15H21N5. The highest BCUT2D eigenvalue weighted by Crippen LogP contribution is 2.26. The van der Waals surface area contributed by atoms with Crippen molar-refractivity contribution in [1.29, 1.82) is 0 Å². The second kappa shape index (κ2) is 5.71. The fraction of sp³-hybridized carbons (Fsp3) is 0.533. The summed E-state index contributed by atoms with van der Waals surface area (Å²) >= 11 is 0. The molecular weight excluding hydrogens is 250 g/mol. The Morgan fingerprint density at radius 1 is 1.35 bits per heavy atom. The van der Waals surface area contributed by atoms with E-state index >= 15 is 0 Å². The lowest BCUT2D eigenvalue weighted by Crippen LogP contribution is -2.31. The van der Waals surface area contributed by atoms with Gasteiger partial charge >= 0.3 is 0 Å². The molecule has 1 aliphatic rings. The number of aromatic nitrogens is 4. The number of hydrogen-bond donors (Lipinski definition) is 0. The van der Waals surface area contributed by atoms with Gasteiger partial charge in [0.05, 0.1) is 17.6 Å². The lowest BCUT2D eigenvalue weighted by Gasteiger charge is -2.29. The van der Waals surface area contributed by atoms with Gasteiger partial charge in [0.2, 0.25) is 0 Å². The molecule has 1 aliphatic heterocycles. The van der Waals surface area contributed by atoms with Crippen LogP contribution >= 0.6 is 0 Å². The molecule has 0 spiro atoms. The van der Waals surface area contributed by atoms with Crippen molar-refractivity contribution in [2.75, 3.05) is 20.1 Å². The molecule has 3 heterocycles. The van der Waals surface area contributed by atoms with Crippen LogP contribution in [0, 0.1) is 0 Å². The van der Waals surface area contributed by atoms with Gasteiger partial charge in [-0.05, 0) is 39.4 Å². The Morgan fingerprint density at radius 2 is 2.25 bits per heavy atom. The summed E-state index contributed by atoms with van der Waals surface area (Å²) in [5, 5.41) is 4.31. The maximum Gasteiger partial charge on any atom is 0.107 e. The van der Waals surface area contributed by atoms with Crippen molar-refractivity contribution in [3.8, 4) is 11.4 Å². The summed E-state index contributed by atoms with van der Waals surface area (Å²) in [6, 6.07) is 2.00. The summed E-state index contributed by atoms with van der Waals surface area (Å²) in [5.74, 6) is 0.499. The summed E-state index contributed by atoms with van der Waals surface area (Å²) in [4.78, 5) is 11.6. The molecule has 0 aliphatic carbocycles. The first-order chi connectivity index (χ1) is 9.78. The van der Waals surface area contributed by atoms with Gasteiger partial charge in [0.15, 0.2) is 0 Å². The third-order valence-corrected chi connectivity index (χ3v) is 3.97. The normalized spacial score (nSPS) is 20.2. The van der Waals surface area contributed by atoms with Crippen LogP contribution in [-0.2, 0) is 6.54 Å². The standard InChI is InChI=1S/C15H21N5/c1-3-20-15(6-7-17-20)14-10-16-9-13(18-14)12-5-4-8-19(2)11-12/h6-7,9-10,12H,3-5,8,11H2,1-2H3/t12-/m1/s1. The van der Waals surface area contributed by atoms with Gasteiger partial charge in [-0.3, -0.25) is 9.67 Å². The summed E-state index contributed by atoms with van der Waals surface area (Å²) < 4.78 is 1.96. The highest BCUT2D eigenvalue weighted by molar-refractivity contribution is 5.52. The zero-order valence-electron chi connectivity index (χ0n) is 12.2. The molecule has 1 fully saturated rings. The summed E-state index contributed by atoms with van der Waals surface area (Å²) in [7, 11) is 2.18. The predicted molar refractivity (Wildman–Crippen MR) is 78.4 cm³/mol. The van der Waals surface area contributed by atoms with E-state index in [1.165, 1.54) is 19.4 Å². The molecule has 20 heavy (non-hydrogen) atoms. The van der Waals surface area contributed by atoms with Gasteiger partial charge in [0.25, 0.3) is 0 Å². The molecule has 0 bridgehead atoms. The first-order valence-electron chi connectivity index (χ1n) is 7.30. The van der Waals surface area contributed by atoms with E-state index in [0.717, 1.165) is 30.2 Å². The molecule has 0 N–H and O–H groups in total. The number of hydrogen-bond acceptors (Lipinski definition) is 4. The van der Waals surface area contributed by atoms with Crippen LogP contribution in [0.3, 0.4) is 0 Å². The first-order valence-corrected chi connectivity index (χ1v) is 7.30. The van der Waals surface area contributed by atoms with Gasteiger partial charge in [-0.25, -0.2) is 4.98 Å². The van der Waals surface area contributed by atoms with E-state index in [4.69, 9.17) is 4.98 Å². The second-order valence-electron chi connectivity index (χ2n) is 5.46. The number of aryl methyl sites for hydroxylation is 1. The molecule has 0 saturated carbocycles. The van der Waals surface area contributed by atoms with Gasteiger partial charge in [-0.15, -0.1) is 0 Å². The van der Waals surface area contributed by atoms with Crippen molar-refractivity contribution in [3.05, 3.63) is 30.4 Å². The van der Waals surface area contributed by atoms with Crippen LogP contribution in [0.1, 0.15) is 31.4 Å². The van der Waals surface area contributed by atoms with E-state index in [9.17, 15) is 0 Å². The highest BCUT2D eigenvalue weighted by atomic mass is 15.3. The maximum absolute atomic E-state index is 4.83. The first kappa shape index (κ1) is 13.2. The van der Waals surface area contributed by atoms with Gasteiger partial charge in [0.1, 0.15) is 5.69 Å². The Balaban J connectivity index is 1.89. The molecule has 1 atom stereocenters. The molecule has 0 aromatic carbocycles. The van der Waals surface area contributed by atoms with Gasteiger partial charge in [-0.1, -0.05) is 0 Å². The molecule has 2 aromatic rings. The number of likely N-dealkylation sites (N-methyl/N-ethyl adjacent to an activating group) is 1. The van der Waals surface area contributed by atoms with Crippen molar-refractivity contribution in [2.24, 2.45) is 0 Å². The lowest BCUT2D eigenvalue weighted by atomic mass is 9.95. The number of rotatable bonds is 3. The summed E-state index contributed by atoms with van der Waals surface area (Å²) in [5.41, 5.74) is 3.08. The van der Waals surface area contributed by atoms with Crippen molar-refractivity contribution >= 4 is 0 Å². The van der Waals surface area contributed by atoms with Gasteiger partial charge in [-0.2, -0.15) is 5.10 Å². The van der Waals surface area contributed by atoms with Crippen LogP contribution < -0.4 is 0 Å². The molecule has 0 radical (unpaired) electrons. The van der Waals surface area contributed by atoms with Crippen LogP contribution in [0.5, 0.6) is 0 Å².